The Balaban J connectivity index is 1.42. The van der Waals surface area contributed by atoms with Gasteiger partial charge in [0.2, 0.25) is 0 Å². The van der Waals surface area contributed by atoms with Crippen molar-refractivity contribution in [2.45, 2.75) is 20.0 Å². The van der Waals surface area contributed by atoms with Crippen LogP contribution in [0.25, 0.3) is 16.6 Å². The fourth-order valence-corrected chi connectivity index (χ4v) is 4.38. The number of fused-ring (bicyclic) bond motifs is 4. The van der Waals surface area contributed by atoms with E-state index in [-0.39, 0.29) is 24.5 Å². The molecule has 174 valence electrons. The minimum atomic E-state index is -0.351. The summed E-state index contributed by atoms with van der Waals surface area (Å²) in [5, 5.41) is 8.99. The van der Waals surface area contributed by atoms with Crippen LogP contribution in [-0.2, 0) is 13.1 Å². The van der Waals surface area contributed by atoms with Crippen molar-refractivity contribution < 1.29 is 4.39 Å². The number of nitrogens with zero attached hydrogens (tertiary/aromatic N) is 6. The summed E-state index contributed by atoms with van der Waals surface area (Å²) in [4.78, 5) is 21.8. The van der Waals surface area contributed by atoms with E-state index in [1.54, 1.807) is 30.3 Å². The van der Waals surface area contributed by atoms with Gasteiger partial charge < -0.3 is 0 Å². The van der Waals surface area contributed by atoms with Gasteiger partial charge in [0.1, 0.15) is 18.2 Å². The summed E-state index contributed by atoms with van der Waals surface area (Å²) in [5.41, 5.74) is 3.72. The third kappa shape index (κ3) is 3.67. The molecular formula is C28H19FN6O. The smallest absolute Gasteiger partial charge is 0.262 e. The molecule has 3 heterocycles. The van der Waals surface area contributed by atoms with Gasteiger partial charge in [-0.2, -0.15) is 0 Å². The van der Waals surface area contributed by atoms with Crippen molar-refractivity contribution in [2.24, 2.45) is 4.99 Å². The second kappa shape index (κ2) is 8.71. The molecule has 0 atom stereocenters. The van der Waals surface area contributed by atoms with E-state index < -0.39 is 0 Å². The maximum atomic E-state index is 14.8. The average Bonchev–Trinajstić information content (AvgIpc) is 3.18. The van der Waals surface area contributed by atoms with Crippen LogP contribution in [0.5, 0.6) is 0 Å². The van der Waals surface area contributed by atoms with Gasteiger partial charge in [-0.05, 0) is 49.4 Å². The standard InChI is InChI=1S/C28H19FN6O/c1-18-32-33-26-16-30-27(20-8-2-4-10-23(20)29)22-15-19(12-13-25(22)35(18)26)7-6-14-34-17-31-24-11-5-3-9-21(24)28(34)36/h2-5,8-13,15,17H,14,16H2,1H3. The van der Waals surface area contributed by atoms with Gasteiger partial charge in [-0.15, -0.1) is 10.2 Å². The largest absolute Gasteiger partial charge is 0.287 e. The minimum absolute atomic E-state index is 0.138. The average molecular weight is 474 g/mol. The second-order valence-electron chi connectivity index (χ2n) is 8.37. The van der Waals surface area contributed by atoms with Gasteiger partial charge in [0.15, 0.2) is 5.82 Å². The van der Waals surface area contributed by atoms with Crippen molar-refractivity contribution in [1.82, 2.24) is 24.3 Å². The highest BCUT2D eigenvalue weighted by molar-refractivity contribution is 6.15. The zero-order valence-corrected chi connectivity index (χ0v) is 19.3. The highest BCUT2D eigenvalue weighted by atomic mass is 19.1. The lowest BCUT2D eigenvalue weighted by atomic mass is 9.98. The van der Waals surface area contributed by atoms with Crippen molar-refractivity contribution in [3.05, 3.63) is 118 Å². The van der Waals surface area contributed by atoms with Gasteiger partial charge >= 0.3 is 0 Å². The van der Waals surface area contributed by atoms with Crippen LogP contribution in [0.2, 0.25) is 0 Å². The molecule has 0 saturated heterocycles. The first-order valence-electron chi connectivity index (χ1n) is 11.4. The van der Waals surface area contributed by atoms with Gasteiger partial charge in [0.25, 0.3) is 5.56 Å². The first-order valence-corrected chi connectivity index (χ1v) is 11.4. The molecule has 7 nitrogen and oxygen atoms in total. The van der Waals surface area contributed by atoms with Crippen molar-refractivity contribution >= 4 is 16.6 Å². The van der Waals surface area contributed by atoms with Crippen LogP contribution in [0, 0.1) is 24.6 Å². The molecule has 1 aliphatic rings. The lowest BCUT2D eigenvalue weighted by Crippen LogP contribution is -2.19. The molecule has 0 saturated carbocycles. The van der Waals surface area contributed by atoms with E-state index >= 15 is 0 Å². The number of aromatic nitrogens is 5. The molecule has 1 aliphatic heterocycles. The number of para-hydroxylation sites is 1. The van der Waals surface area contributed by atoms with Crippen molar-refractivity contribution in [2.75, 3.05) is 0 Å². The molecule has 5 aromatic rings. The molecule has 0 unspecified atom stereocenters. The highest BCUT2D eigenvalue weighted by Crippen LogP contribution is 2.27. The Morgan fingerprint density at radius 3 is 2.72 bits per heavy atom. The molecular weight excluding hydrogens is 455 g/mol. The Bertz CT molecular complexity index is 1800. The highest BCUT2D eigenvalue weighted by Gasteiger charge is 2.23. The molecule has 0 radical (unpaired) electrons. The molecule has 36 heavy (non-hydrogen) atoms. The number of hydrogen-bond donors (Lipinski definition) is 0. The molecule has 0 amide bonds. The van der Waals surface area contributed by atoms with Crippen molar-refractivity contribution in [3.63, 3.8) is 0 Å². The van der Waals surface area contributed by atoms with E-state index in [0.29, 0.717) is 33.6 Å². The third-order valence-electron chi connectivity index (χ3n) is 6.11. The van der Waals surface area contributed by atoms with Crippen LogP contribution in [0.4, 0.5) is 4.39 Å². The number of hydrogen-bond acceptors (Lipinski definition) is 5. The van der Waals surface area contributed by atoms with Crippen LogP contribution in [0.1, 0.15) is 28.3 Å². The summed E-state index contributed by atoms with van der Waals surface area (Å²) in [7, 11) is 0. The summed E-state index contributed by atoms with van der Waals surface area (Å²) in [5.74, 6) is 7.25. The molecule has 8 heteroatoms. The van der Waals surface area contributed by atoms with Gasteiger partial charge in [0.05, 0.1) is 35.2 Å². The van der Waals surface area contributed by atoms with Crippen LogP contribution in [0.3, 0.4) is 0 Å². The summed E-state index contributed by atoms with van der Waals surface area (Å²) >= 11 is 0. The normalized spacial score (nSPS) is 12.2. The minimum Gasteiger partial charge on any atom is -0.287 e. The van der Waals surface area contributed by atoms with E-state index in [2.05, 4.69) is 27.0 Å². The lowest BCUT2D eigenvalue weighted by Gasteiger charge is -2.13. The molecule has 0 aliphatic carbocycles. The van der Waals surface area contributed by atoms with Crippen LogP contribution in [0.15, 0.2) is 82.8 Å². The number of benzene rings is 3. The summed E-state index contributed by atoms with van der Waals surface area (Å²) in [6.45, 7) is 2.34. The zero-order valence-electron chi connectivity index (χ0n) is 19.3. The number of halogens is 1. The first-order chi connectivity index (χ1) is 17.6. The third-order valence-corrected chi connectivity index (χ3v) is 6.11. The Morgan fingerprint density at radius 1 is 1.00 bits per heavy atom. The Labute approximate surface area is 205 Å². The maximum Gasteiger partial charge on any atom is 0.262 e. The molecule has 2 aromatic heterocycles. The van der Waals surface area contributed by atoms with Crippen LogP contribution < -0.4 is 5.56 Å². The van der Waals surface area contributed by atoms with E-state index in [9.17, 15) is 9.18 Å². The summed E-state index contributed by atoms with van der Waals surface area (Å²) in [6.07, 6.45) is 1.51. The monoisotopic (exact) mass is 474 g/mol. The fraction of sp³-hybridized carbons (Fsp3) is 0.107. The van der Waals surface area contributed by atoms with Crippen LogP contribution >= 0.6 is 0 Å². The first kappa shape index (κ1) is 21.6. The maximum absolute atomic E-state index is 14.8. The number of aliphatic imine (C=N–C) groups is 1. The number of aryl methyl sites for hydroxylation is 1. The second-order valence-corrected chi connectivity index (χ2v) is 8.37. The van der Waals surface area contributed by atoms with E-state index in [0.717, 1.165) is 17.1 Å². The van der Waals surface area contributed by atoms with Gasteiger partial charge in [0, 0.05) is 16.7 Å². The Morgan fingerprint density at radius 2 is 1.83 bits per heavy atom. The predicted molar refractivity (Wildman–Crippen MR) is 135 cm³/mol. The SMILES string of the molecule is Cc1nnc2n1-c1ccc(C#CCn3cnc4ccccc4c3=O)cc1C(c1ccccc1F)=NC2. The Hall–Kier alpha value is -4.90. The van der Waals surface area contributed by atoms with Crippen molar-refractivity contribution in [3.8, 4) is 17.5 Å². The fourth-order valence-electron chi connectivity index (χ4n) is 4.38. The molecule has 3 aromatic carbocycles. The Kier molecular flexibility index (Phi) is 5.23. The van der Waals surface area contributed by atoms with Crippen molar-refractivity contribution in [1.29, 1.82) is 0 Å². The van der Waals surface area contributed by atoms with E-state index in [4.69, 9.17) is 4.99 Å². The van der Waals surface area contributed by atoms with Gasteiger partial charge in [-0.3, -0.25) is 18.9 Å². The van der Waals surface area contributed by atoms with Gasteiger partial charge in [-0.25, -0.2) is 9.37 Å². The van der Waals surface area contributed by atoms with E-state index in [1.165, 1.54) is 17.0 Å². The lowest BCUT2D eigenvalue weighted by molar-refractivity contribution is 0.625. The molecule has 0 spiro atoms. The summed E-state index contributed by atoms with van der Waals surface area (Å²) in [6, 6.07) is 19.5. The zero-order chi connectivity index (χ0) is 24.6. The van der Waals surface area contributed by atoms with Gasteiger partial charge in [-0.1, -0.05) is 36.1 Å². The topological polar surface area (TPSA) is 78.0 Å². The molecule has 0 bridgehead atoms. The van der Waals surface area contributed by atoms with Crippen LogP contribution in [-0.4, -0.2) is 30.0 Å². The number of rotatable bonds is 2. The molecule has 6 rings (SSSR count). The quantitative estimate of drug-likeness (QED) is 0.365. The molecule has 0 N–H and O–H groups in total. The summed E-state index contributed by atoms with van der Waals surface area (Å²) < 4.78 is 18.2. The molecule has 0 fully saturated rings. The van der Waals surface area contributed by atoms with E-state index in [1.807, 2.05) is 41.8 Å². The predicted octanol–water partition coefficient (Wildman–Crippen LogP) is 3.83.